The van der Waals surface area contributed by atoms with Gasteiger partial charge in [-0.3, -0.25) is 0 Å². The monoisotopic (exact) mass is 342 g/mol. The van der Waals surface area contributed by atoms with Gasteiger partial charge in [-0.25, -0.2) is 4.79 Å². The molecule has 0 aliphatic heterocycles. The van der Waals surface area contributed by atoms with Crippen LogP contribution in [0.1, 0.15) is 25.0 Å². The van der Waals surface area contributed by atoms with Gasteiger partial charge in [-0.2, -0.15) is 0 Å². The Balaban J connectivity index is 1.89. The maximum atomic E-state index is 12.1. The van der Waals surface area contributed by atoms with Crippen LogP contribution in [0.5, 0.6) is 11.5 Å². The van der Waals surface area contributed by atoms with Crippen LogP contribution in [0.3, 0.4) is 0 Å². The molecule has 2 N–H and O–H groups in total. The third-order valence-electron chi connectivity index (χ3n) is 3.74. The minimum atomic E-state index is -0.236. The molecule has 0 unspecified atom stereocenters. The molecule has 0 saturated carbocycles. The second-order valence-corrected chi connectivity index (χ2v) is 5.58. The molecule has 0 aliphatic carbocycles. The topological polar surface area (TPSA) is 59.6 Å². The van der Waals surface area contributed by atoms with Crippen molar-refractivity contribution in [2.24, 2.45) is 0 Å². The van der Waals surface area contributed by atoms with Crippen LogP contribution < -0.4 is 20.1 Å². The maximum absolute atomic E-state index is 12.1. The summed E-state index contributed by atoms with van der Waals surface area (Å²) in [5.41, 5.74) is 3.14. The first-order valence-corrected chi connectivity index (χ1v) is 8.63. The predicted octanol–water partition coefficient (Wildman–Crippen LogP) is 4.16. The molecular weight excluding hydrogens is 316 g/mol. The SMILES string of the molecule is CCOc1ccc(NC(=O)NCCc2ccccc2C)cc1OCC. The fourth-order valence-corrected chi connectivity index (χ4v) is 2.51. The van der Waals surface area contributed by atoms with Crippen LogP contribution in [0.15, 0.2) is 42.5 Å². The molecular formula is C20H26N2O3. The first-order valence-electron chi connectivity index (χ1n) is 8.63. The van der Waals surface area contributed by atoms with Crippen LogP contribution in [-0.2, 0) is 6.42 Å². The normalized spacial score (nSPS) is 10.2. The van der Waals surface area contributed by atoms with Crippen LogP contribution in [0.25, 0.3) is 0 Å². The minimum Gasteiger partial charge on any atom is -0.490 e. The van der Waals surface area contributed by atoms with E-state index in [1.165, 1.54) is 11.1 Å². The number of aryl methyl sites for hydroxylation is 1. The highest BCUT2D eigenvalue weighted by atomic mass is 16.5. The van der Waals surface area contributed by atoms with Crippen molar-refractivity contribution < 1.29 is 14.3 Å². The predicted molar refractivity (Wildman–Crippen MR) is 101 cm³/mol. The lowest BCUT2D eigenvalue weighted by molar-refractivity contribution is 0.252. The van der Waals surface area contributed by atoms with E-state index in [4.69, 9.17) is 9.47 Å². The van der Waals surface area contributed by atoms with Crippen molar-refractivity contribution >= 4 is 11.7 Å². The van der Waals surface area contributed by atoms with Crippen LogP contribution in [0.4, 0.5) is 10.5 Å². The molecule has 2 aromatic carbocycles. The molecule has 0 bridgehead atoms. The Morgan fingerprint density at radius 3 is 2.44 bits per heavy atom. The van der Waals surface area contributed by atoms with Crippen LogP contribution in [0, 0.1) is 6.92 Å². The fourth-order valence-electron chi connectivity index (χ4n) is 2.51. The van der Waals surface area contributed by atoms with Crippen molar-refractivity contribution in [1.82, 2.24) is 5.32 Å². The average Bonchev–Trinajstić information content (AvgIpc) is 2.59. The van der Waals surface area contributed by atoms with Gasteiger partial charge in [0.15, 0.2) is 11.5 Å². The molecule has 25 heavy (non-hydrogen) atoms. The largest absolute Gasteiger partial charge is 0.490 e. The van der Waals surface area contributed by atoms with Gasteiger partial charge < -0.3 is 20.1 Å². The van der Waals surface area contributed by atoms with E-state index in [0.29, 0.717) is 36.9 Å². The van der Waals surface area contributed by atoms with Gasteiger partial charge in [0.2, 0.25) is 0 Å². The quantitative estimate of drug-likeness (QED) is 0.757. The van der Waals surface area contributed by atoms with Gasteiger partial charge in [-0.1, -0.05) is 24.3 Å². The Kier molecular flexibility index (Phi) is 7.14. The summed E-state index contributed by atoms with van der Waals surface area (Å²) >= 11 is 0. The highest BCUT2D eigenvalue weighted by Gasteiger charge is 2.08. The Labute approximate surface area is 149 Å². The smallest absolute Gasteiger partial charge is 0.319 e. The molecule has 2 aromatic rings. The summed E-state index contributed by atoms with van der Waals surface area (Å²) in [5.74, 6) is 1.30. The Morgan fingerprint density at radius 1 is 1.00 bits per heavy atom. The molecule has 0 aromatic heterocycles. The maximum Gasteiger partial charge on any atom is 0.319 e. The van der Waals surface area contributed by atoms with Gasteiger partial charge in [0.05, 0.1) is 13.2 Å². The van der Waals surface area contributed by atoms with Crippen molar-refractivity contribution in [1.29, 1.82) is 0 Å². The number of hydrogen-bond acceptors (Lipinski definition) is 3. The molecule has 2 amide bonds. The summed E-state index contributed by atoms with van der Waals surface area (Å²) < 4.78 is 11.1. The number of urea groups is 1. The van der Waals surface area contributed by atoms with Gasteiger partial charge in [-0.15, -0.1) is 0 Å². The zero-order valence-electron chi connectivity index (χ0n) is 15.1. The van der Waals surface area contributed by atoms with Crippen LogP contribution in [0.2, 0.25) is 0 Å². The number of amides is 2. The number of carbonyl (C=O) groups excluding carboxylic acids is 1. The van der Waals surface area contributed by atoms with E-state index in [2.05, 4.69) is 29.7 Å². The molecule has 0 spiro atoms. The van der Waals surface area contributed by atoms with Crippen molar-refractivity contribution in [3.05, 3.63) is 53.6 Å². The van der Waals surface area contributed by atoms with Crippen LogP contribution >= 0.6 is 0 Å². The molecule has 134 valence electrons. The number of ether oxygens (including phenoxy) is 2. The molecule has 2 rings (SSSR count). The zero-order valence-corrected chi connectivity index (χ0v) is 15.1. The van der Waals surface area contributed by atoms with E-state index in [1.807, 2.05) is 26.0 Å². The molecule has 5 heteroatoms. The molecule has 0 atom stereocenters. The second-order valence-electron chi connectivity index (χ2n) is 5.58. The van der Waals surface area contributed by atoms with Gasteiger partial charge in [0.1, 0.15) is 0 Å². The minimum absolute atomic E-state index is 0.236. The van der Waals surface area contributed by atoms with Crippen molar-refractivity contribution in [2.75, 3.05) is 25.1 Å². The summed E-state index contributed by atoms with van der Waals surface area (Å²) in [6, 6.07) is 13.3. The van der Waals surface area contributed by atoms with Crippen LogP contribution in [-0.4, -0.2) is 25.8 Å². The van der Waals surface area contributed by atoms with Gasteiger partial charge in [0, 0.05) is 18.3 Å². The fraction of sp³-hybridized carbons (Fsp3) is 0.350. The Morgan fingerprint density at radius 2 is 1.72 bits per heavy atom. The number of hydrogen-bond donors (Lipinski definition) is 2. The van der Waals surface area contributed by atoms with Gasteiger partial charge >= 0.3 is 6.03 Å². The van der Waals surface area contributed by atoms with E-state index in [-0.39, 0.29) is 6.03 Å². The molecule has 0 aliphatic rings. The lowest BCUT2D eigenvalue weighted by Crippen LogP contribution is -2.30. The average molecular weight is 342 g/mol. The highest BCUT2D eigenvalue weighted by Crippen LogP contribution is 2.30. The number of carbonyl (C=O) groups is 1. The standard InChI is InChI=1S/C20H26N2O3/c1-4-24-18-11-10-17(14-19(18)25-5-2)22-20(23)21-13-12-16-9-7-6-8-15(16)3/h6-11,14H,4-5,12-13H2,1-3H3,(H2,21,22,23). The Hall–Kier alpha value is -2.69. The molecule has 5 nitrogen and oxygen atoms in total. The number of nitrogens with one attached hydrogen (secondary N) is 2. The van der Waals surface area contributed by atoms with E-state index in [0.717, 1.165) is 6.42 Å². The number of benzene rings is 2. The van der Waals surface area contributed by atoms with Gasteiger partial charge in [-0.05, 0) is 50.5 Å². The van der Waals surface area contributed by atoms with Crippen molar-refractivity contribution in [3.63, 3.8) is 0 Å². The van der Waals surface area contributed by atoms with E-state index < -0.39 is 0 Å². The van der Waals surface area contributed by atoms with E-state index in [9.17, 15) is 4.79 Å². The molecule has 0 saturated heterocycles. The number of anilines is 1. The zero-order chi connectivity index (χ0) is 18.1. The molecule has 0 heterocycles. The van der Waals surface area contributed by atoms with Crippen molar-refractivity contribution in [2.45, 2.75) is 27.2 Å². The van der Waals surface area contributed by atoms with Gasteiger partial charge in [0.25, 0.3) is 0 Å². The van der Waals surface area contributed by atoms with E-state index in [1.54, 1.807) is 18.2 Å². The first kappa shape index (κ1) is 18.6. The third kappa shape index (κ3) is 5.71. The van der Waals surface area contributed by atoms with E-state index >= 15 is 0 Å². The summed E-state index contributed by atoms with van der Waals surface area (Å²) in [5, 5.41) is 5.70. The summed E-state index contributed by atoms with van der Waals surface area (Å²) in [7, 11) is 0. The lowest BCUT2D eigenvalue weighted by Gasteiger charge is -2.13. The van der Waals surface area contributed by atoms with Crippen molar-refractivity contribution in [3.8, 4) is 11.5 Å². The second kappa shape index (κ2) is 9.57. The Bertz CT molecular complexity index is 701. The third-order valence-corrected chi connectivity index (χ3v) is 3.74. The lowest BCUT2D eigenvalue weighted by atomic mass is 10.1. The molecule has 0 fully saturated rings. The summed E-state index contributed by atoms with van der Waals surface area (Å²) in [4.78, 5) is 12.1. The first-order chi connectivity index (χ1) is 12.1. The summed E-state index contributed by atoms with van der Waals surface area (Å²) in [6.07, 6.45) is 0.799. The highest BCUT2D eigenvalue weighted by molar-refractivity contribution is 5.89. The summed E-state index contributed by atoms with van der Waals surface area (Å²) in [6.45, 7) is 7.58. The molecule has 0 radical (unpaired) electrons. The number of rotatable bonds is 8.